The first-order chi connectivity index (χ1) is 6.09. The smallest absolute Gasteiger partial charge is 0.338 e. The molecule has 0 aliphatic carbocycles. The molecule has 1 aromatic rings. The van der Waals surface area contributed by atoms with Crippen LogP contribution in [0.3, 0.4) is 0 Å². The molecule has 0 saturated heterocycles. The summed E-state index contributed by atoms with van der Waals surface area (Å²) in [6.07, 6.45) is 0. The minimum atomic E-state index is -0.418. The molecule has 0 fully saturated rings. The minimum absolute atomic E-state index is 0.379. The van der Waals surface area contributed by atoms with E-state index in [1.807, 2.05) is 0 Å². The fourth-order valence-electron chi connectivity index (χ4n) is 0.741. The lowest BCUT2D eigenvalue weighted by Crippen LogP contribution is -2.07. The highest BCUT2D eigenvalue weighted by atomic mass is 32.1. The fourth-order valence-corrected chi connectivity index (χ4v) is 0.954. The van der Waals surface area contributed by atoms with E-state index in [4.69, 9.17) is 4.74 Å². The molecular formula is C10H10O2S. The van der Waals surface area contributed by atoms with Crippen LogP contribution < -0.4 is 4.74 Å². The Bertz CT molecular complexity index is 345. The van der Waals surface area contributed by atoms with Crippen molar-refractivity contribution in [2.75, 3.05) is 0 Å². The Balaban J connectivity index is 2.75. The molecule has 0 aromatic heterocycles. The van der Waals surface area contributed by atoms with Crippen LogP contribution in [0, 0.1) is 0 Å². The zero-order chi connectivity index (χ0) is 9.84. The molecule has 0 unspecified atom stereocenters. The number of rotatable bonds is 2. The van der Waals surface area contributed by atoms with E-state index in [-0.39, 0.29) is 0 Å². The van der Waals surface area contributed by atoms with Gasteiger partial charge in [0.15, 0.2) is 0 Å². The van der Waals surface area contributed by atoms with Crippen molar-refractivity contribution in [3.05, 3.63) is 36.4 Å². The Labute approximate surface area is 82.6 Å². The van der Waals surface area contributed by atoms with Crippen molar-refractivity contribution < 1.29 is 9.53 Å². The lowest BCUT2D eigenvalue weighted by Gasteiger charge is -2.03. The van der Waals surface area contributed by atoms with Crippen molar-refractivity contribution in [1.82, 2.24) is 0 Å². The van der Waals surface area contributed by atoms with Gasteiger partial charge in [0.05, 0.1) is 0 Å². The predicted octanol–water partition coefficient (Wildman–Crippen LogP) is 2.46. The van der Waals surface area contributed by atoms with E-state index in [0.29, 0.717) is 11.3 Å². The zero-order valence-electron chi connectivity index (χ0n) is 7.28. The van der Waals surface area contributed by atoms with Gasteiger partial charge in [0.25, 0.3) is 0 Å². The number of carbonyl (C=O) groups excluding carboxylic acids is 1. The highest BCUT2D eigenvalue weighted by molar-refractivity contribution is 7.80. The third kappa shape index (κ3) is 2.95. The van der Waals surface area contributed by atoms with E-state index in [9.17, 15) is 4.79 Å². The van der Waals surface area contributed by atoms with Crippen LogP contribution in [0.2, 0.25) is 0 Å². The largest absolute Gasteiger partial charge is 0.423 e. The molecule has 2 nitrogen and oxygen atoms in total. The van der Waals surface area contributed by atoms with Gasteiger partial charge in [-0.05, 0) is 25.1 Å². The van der Waals surface area contributed by atoms with Gasteiger partial charge in [-0.15, -0.1) is 12.6 Å². The average molecular weight is 194 g/mol. The van der Waals surface area contributed by atoms with E-state index >= 15 is 0 Å². The van der Waals surface area contributed by atoms with Crippen LogP contribution in [-0.4, -0.2) is 5.97 Å². The topological polar surface area (TPSA) is 26.3 Å². The van der Waals surface area contributed by atoms with Gasteiger partial charge in [-0.2, -0.15) is 0 Å². The van der Waals surface area contributed by atoms with Gasteiger partial charge in [-0.1, -0.05) is 12.6 Å². The number of thiol groups is 1. The Hall–Kier alpha value is -1.22. The number of hydrogen-bond donors (Lipinski definition) is 1. The molecule has 0 aliphatic rings. The number of carbonyl (C=O) groups is 1. The van der Waals surface area contributed by atoms with Gasteiger partial charge in [-0.25, -0.2) is 4.79 Å². The molecule has 1 aromatic carbocycles. The van der Waals surface area contributed by atoms with Crippen molar-refractivity contribution >= 4 is 18.6 Å². The van der Waals surface area contributed by atoms with Gasteiger partial charge >= 0.3 is 5.97 Å². The lowest BCUT2D eigenvalue weighted by atomic mass is 10.3. The number of benzene rings is 1. The number of ether oxygens (including phenoxy) is 1. The van der Waals surface area contributed by atoms with E-state index in [0.717, 1.165) is 4.90 Å². The summed E-state index contributed by atoms with van der Waals surface area (Å²) in [4.78, 5) is 11.8. The second-order valence-electron chi connectivity index (χ2n) is 2.67. The summed E-state index contributed by atoms with van der Waals surface area (Å²) in [6.45, 7) is 5.08. The summed E-state index contributed by atoms with van der Waals surface area (Å²) in [7, 11) is 0. The summed E-state index contributed by atoms with van der Waals surface area (Å²) in [5.74, 6) is 0.0689. The summed E-state index contributed by atoms with van der Waals surface area (Å²) < 4.78 is 4.97. The molecule has 1 rings (SSSR count). The third-order valence-corrected chi connectivity index (χ3v) is 1.65. The summed E-state index contributed by atoms with van der Waals surface area (Å²) in [5.41, 5.74) is 0.379. The molecule has 0 N–H and O–H groups in total. The highest BCUT2D eigenvalue weighted by Gasteiger charge is 2.04. The standard InChI is InChI=1S/C10H10O2S/c1-7(2)10(11)12-8-4-3-5-9(13)6-8/h3-6,13H,1H2,2H3. The molecule has 0 atom stereocenters. The lowest BCUT2D eigenvalue weighted by molar-refractivity contribution is -0.130. The molecule has 3 heteroatoms. The molecule has 0 spiro atoms. The van der Waals surface area contributed by atoms with Crippen LogP contribution in [-0.2, 0) is 4.79 Å². The van der Waals surface area contributed by atoms with Crippen LogP contribution in [0.5, 0.6) is 5.75 Å². The number of esters is 1. The van der Waals surface area contributed by atoms with E-state index < -0.39 is 5.97 Å². The van der Waals surface area contributed by atoms with Crippen LogP contribution in [0.15, 0.2) is 41.3 Å². The predicted molar refractivity (Wildman–Crippen MR) is 54.1 cm³/mol. The van der Waals surface area contributed by atoms with Gasteiger partial charge in [0.2, 0.25) is 0 Å². The van der Waals surface area contributed by atoms with Crippen molar-refractivity contribution in [1.29, 1.82) is 0 Å². The van der Waals surface area contributed by atoms with Crippen LogP contribution >= 0.6 is 12.6 Å². The van der Waals surface area contributed by atoms with Gasteiger partial charge < -0.3 is 4.74 Å². The van der Waals surface area contributed by atoms with Gasteiger partial charge in [-0.3, -0.25) is 0 Å². The summed E-state index contributed by atoms with van der Waals surface area (Å²) in [5, 5.41) is 0. The Kier molecular flexibility index (Phi) is 3.14. The van der Waals surface area contributed by atoms with E-state index in [2.05, 4.69) is 19.2 Å². The first-order valence-corrected chi connectivity index (χ1v) is 4.21. The maximum atomic E-state index is 11.1. The monoisotopic (exact) mass is 194 g/mol. The third-order valence-electron chi connectivity index (χ3n) is 1.38. The second kappa shape index (κ2) is 4.14. The van der Waals surface area contributed by atoms with Crippen LogP contribution in [0.25, 0.3) is 0 Å². The summed E-state index contributed by atoms with van der Waals surface area (Å²) in [6, 6.07) is 6.94. The Morgan fingerprint density at radius 1 is 1.54 bits per heavy atom. The molecule has 68 valence electrons. The maximum Gasteiger partial charge on any atom is 0.338 e. The van der Waals surface area contributed by atoms with Crippen molar-refractivity contribution in [3.8, 4) is 5.75 Å². The fraction of sp³-hybridized carbons (Fsp3) is 0.100. The molecule has 0 amide bonds. The molecule has 0 heterocycles. The minimum Gasteiger partial charge on any atom is -0.423 e. The zero-order valence-corrected chi connectivity index (χ0v) is 8.17. The van der Waals surface area contributed by atoms with Crippen LogP contribution in [0.4, 0.5) is 0 Å². The second-order valence-corrected chi connectivity index (χ2v) is 3.18. The summed E-state index contributed by atoms with van der Waals surface area (Å²) >= 11 is 4.11. The SMILES string of the molecule is C=C(C)C(=O)Oc1cccc(S)c1. The number of hydrogen-bond acceptors (Lipinski definition) is 3. The highest BCUT2D eigenvalue weighted by Crippen LogP contribution is 2.16. The maximum absolute atomic E-state index is 11.1. The molecule has 0 aliphatic heterocycles. The first kappa shape index (κ1) is 9.86. The van der Waals surface area contributed by atoms with Crippen molar-refractivity contribution in [2.24, 2.45) is 0 Å². The molecule has 0 radical (unpaired) electrons. The van der Waals surface area contributed by atoms with Crippen LogP contribution in [0.1, 0.15) is 6.92 Å². The normalized spacial score (nSPS) is 9.38. The molecule has 0 bridgehead atoms. The molecule has 13 heavy (non-hydrogen) atoms. The first-order valence-electron chi connectivity index (χ1n) is 3.76. The average Bonchev–Trinajstić information content (AvgIpc) is 2.04. The Morgan fingerprint density at radius 2 is 2.23 bits per heavy atom. The molecular weight excluding hydrogens is 184 g/mol. The van der Waals surface area contributed by atoms with Gasteiger partial charge in [0, 0.05) is 10.5 Å². The van der Waals surface area contributed by atoms with E-state index in [1.54, 1.807) is 31.2 Å². The Morgan fingerprint density at radius 3 is 2.77 bits per heavy atom. The molecule has 0 saturated carbocycles. The van der Waals surface area contributed by atoms with Crippen molar-refractivity contribution in [2.45, 2.75) is 11.8 Å². The quantitative estimate of drug-likeness (QED) is 0.339. The van der Waals surface area contributed by atoms with E-state index in [1.165, 1.54) is 0 Å². The van der Waals surface area contributed by atoms with Crippen molar-refractivity contribution in [3.63, 3.8) is 0 Å². The van der Waals surface area contributed by atoms with Gasteiger partial charge in [0.1, 0.15) is 5.75 Å².